The van der Waals surface area contributed by atoms with E-state index in [1.807, 2.05) is 13.8 Å². The van der Waals surface area contributed by atoms with Gasteiger partial charge >= 0.3 is 0 Å². The number of nitrogens with one attached hydrogen (secondary N) is 1. The first kappa shape index (κ1) is 14.7. The average Bonchev–Trinajstić information content (AvgIpc) is 2.25. The monoisotopic (exact) mass is 295 g/mol. The molecule has 0 saturated carbocycles. The lowest BCUT2D eigenvalue weighted by atomic mass is 9.90. The summed E-state index contributed by atoms with van der Waals surface area (Å²) in [4.78, 5) is 12.1. The van der Waals surface area contributed by atoms with Gasteiger partial charge in [0.2, 0.25) is 0 Å². The van der Waals surface area contributed by atoms with E-state index in [2.05, 4.69) is 5.32 Å². The van der Waals surface area contributed by atoms with E-state index in [9.17, 15) is 15.2 Å². The molecule has 0 unspecified atom stereocenters. The van der Waals surface area contributed by atoms with Gasteiger partial charge in [-0.05, 0) is 39.1 Å². The van der Waals surface area contributed by atoms with E-state index in [0.717, 1.165) is 0 Å². The molecule has 1 aromatic rings. The first-order chi connectivity index (χ1) is 9.14. The minimum absolute atomic E-state index is 0.0865. The molecule has 108 valence electrons. The van der Waals surface area contributed by atoms with Crippen molar-refractivity contribution in [1.82, 2.24) is 5.32 Å². The van der Waals surface area contributed by atoms with E-state index in [-0.39, 0.29) is 22.0 Å². The molecule has 2 rings (SSSR count). The Balaban J connectivity index is 2.52. The zero-order valence-corrected chi connectivity index (χ0v) is 12.4. The van der Waals surface area contributed by atoms with Crippen molar-refractivity contribution in [3.05, 3.63) is 34.4 Å². The number of para-hydroxylation sites is 2. The largest absolute Gasteiger partial charge is 0.371 e. The lowest BCUT2D eigenvalue weighted by Gasteiger charge is -2.49. The topological polar surface area (TPSA) is 78.6 Å². The maximum atomic E-state index is 11.1. The zero-order chi connectivity index (χ0) is 15.1. The first-order valence-corrected chi connectivity index (χ1v) is 6.63. The molecular weight excluding hydrogens is 278 g/mol. The molecule has 1 aromatic carbocycles. The molecule has 2 N–H and O–H groups in total. The number of benzene rings is 1. The van der Waals surface area contributed by atoms with E-state index in [4.69, 9.17) is 12.2 Å². The summed E-state index contributed by atoms with van der Waals surface area (Å²) in [6, 6.07) is 6.24. The fraction of sp³-hybridized carbons (Fsp3) is 0.462. The highest BCUT2D eigenvalue weighted by Crippen LogP contribution is 2.37. The van der Waals surface area contributed by atoms with Gasteiger partial charge in [0.1, 0.15) is 11.4 Å². The molecule has 1 aliphatic heterocycles. The average molecular weight is 295 g/mol. The van der Waals surface area contributed by atoms with Crippen LogP contribution in [0.15, 0.2) is 24.3 Å². The van der Waals surface area contributed by atoms with Crippen molar-refractivity contribution in [2.75, 3.05) is 4.90 Å². The van der Waals surface area contributed by atoms with Crippen LogP contribution in [0.3, 0.4) is 0 Å². The predicted molar refractivity (Wildman–Crippen MR) is 80.6 cm³/mol. The van der Waals surface area contributed by atoms with Crippen molar-refractivity contribution < 1.29 is 10.0 Å². The number of hydrogen-bond acceptors (Lipinski definition) is 4. The molecular formula is C13H17N3O3S. The van der Waals surface area contributed by atoms with Gasteiger partial charge in [0, 0.05) is 18.0 Å². The third-order valence-electron chi connectivity index (χ3n) is 3.23. The molecule has 0 aromatic heterocycles. The highest BCUT2D eigenvalue weighted by molar-refractivity contribution is 7.80. The molecule has 6 nitrogen and oxygen atoms in total. The van der Waals surface area contributed by atoms with E-state index >= 15 is 0 Å². The molecule has 0 amide bonds. The van der Waals surface area contributed by atoms with Crippen LogP contribution in [0.5, 0.6) is 0 Å². The van der Waals surface area contributed by atoms with Gasteiger partial charge in [-0.25, -0.2) is 0 Å². The smallest absolute Gasteiger partial charge is 0.293 e. The number of nitro benzene ring substituents is 1. The second kappa shape index (κ2) is 4.68. The van der Waals surface area contributed by atoms with Gasteiger partial charge in [0.15, 0.2) is 5.11 Å². The molecule has 1 atom stereocenters. The van der Waals surface area contributed by atoms with Gasteiger partial charge < -0.3 is 10.4 Å². The SMILES string of the molecule is CC1(C)C[C@](C)(O)N(c2ccccc2[N+](=O)[O-])C(=S)N1. The van der Waals surface area contributed by atoms with Gasteiger partial charge in [0.05, 0.1) is 4.92 Å². The van der Waals surface area contributed by atoms with Gasteiger partial charge in [-0.2, -0.15) is 0 Å². The molecule has 1 saturated heterocycles. The van der Waals surface area contributed by atoms with Gasteiger partial charge in [-0.1, -0.05) is 12.1 Å². The quantitative estimate of drug-likeness (QED) is 0.494. The van der Waals surface area contributed by atoms with Crippen LogP contribution < -0.4 is 10.2 Å². The van der Waals surface area contributed by atoms with E-state index in [1.165, 1.54) is 11.0 Å². The Morgan fingerprint density at radius 1 is 1.40 bits per heavy atom. The number of nitrogens with zero attached hydrogens (tertiary/aromatic N) is 2. The summed E-state index contributed by atoms with van der Waals surface area (Å²) in [5.74, 6) is 0. The number of aliphatic hydroxyl groups is 1. The predicted octanol–water partition coefficient (Wildman–Crippen LogP) is 2.17. The summed E-state index contributed by atoms with van der Waals surface area (Å²) in [5.41, 5.74) is -1.47. The van der Waals surface area contributed by atoms with Crippen LogP contribution >= 0.6 is 12.2 Å². The first-order valence-electron chi connectivity index (χ1n) is 6.22. The molecule has 7 heteroatoms. The molecule has 0 bridgehead atoms. The summed E-state index contributed by atoms with van der Waals surface area (Å²) < 4.78 is 0. The van der Waals surface area contributed by atoms with Crippen LogP contribution in [0.1, 0.15) is 27.2 Å². The third-order valence-corrected chi connectivity index (χ3v) is 3.51. The van der Waals surface area contributed by atoms with Crippen molar-refractivity contribution in [1.29, 1.82) is 0 Å². The lowest BCUT2D eigenvalue weighted by molar-refractivity contribution is -0.384. The second-order valence-electron chi connectivity index (χ2n) is 5.79. The number of rotatable bonds is 2. The standard InChI is InChI=1S/C13H17N3O3S/c1-12(2)8-13(3,17)15(11(20)14-12)9-6-4-5-7-10(9)16(18)19/h4-7,17H,8H2,1-3H3,(H,14,20)/t13-/m0/s1. The van der Waals surface area contributed by atoms with E-state index < -0.39 is 10.6 Å². The van der Waals surface area contributed by atoms with Crippen LogP contribution in [-0.2, 0) is 0 Å². The van der Waals surface area contributed by atoms with Crippen LogP contribution in [0.2, 0.25) is 0 Å². The molecule has 0 aliphatic carbocycles. The van der Waals surface area contributed by atoms with Crippen LogP contribution in [0, 0.1) is 10.1 Å². The van der Waals surface area contributed by atoms with E-state index in [0.29, 0.717) is 6.42 Å². The maximum absolute atomic E-state index is 11.1. The van der Waals surface area contributed by atoms with E-state index in [1.54, 1.807) is 25.1 Å². The maximum Gasteiger partial charge on any atom is 0.293 e. The van der Waals surface area contributed by atoms with Crippen molar-refractivity contribution in [3.63, 3.8) is 0 Å². The fourth-order valence-electron chi connectivity index (χ4n) is 2.70. The fourth-order valence-corrected chi connectivity index (χ4v) is 3.27. The van der Waals surface area contributed by atoms with Crippen LogP contribution in [0.4, 0.5) is 11.4 Å². The van der Waals surface area contributed by atoms with Gasteiger partial charge in [0.25, 0.3) is 5.69 Å². The molecule has 1 fully saturated rings. The molecule has 1 aliphatic rings. The minimum Gasteiger partial charge on any atom is -0.371 e. The Morgan fingerprint density at radius 3 is 2.55 bits per heavy atom. The Kier molecular flexibility index (Phi) is 3.43. The number of anilines is 1. The number of hydrogen-bond donors (Lipinski definition) is 2. The Labute approximate surface area is 122 Å². The van der Waals surface area contributed by atoms with Crippen LogP contribution in [0.25, 0.3) is 0 Å². The Morgan fingerprint density at radius 2 is 2.00 bits per heavy atom. The highest BCUT2D eigenvalue weighted by atomic mass is 32.1. The van der Waals surface area contributed by atoms with Crippen molar-refractivity contribution in [2.45, 2.75) is 38.5 Å². The van der Waals surface area contributed by atoms with Crippen LogP contribution in [-0.4, -0.2) is 26.4 Å². The zero-order valence-electron chi connectivity index (χ0n) is 11.6. The molecule has 20 heavy (non-hydrogen) atoms. The normalized spacial score (nSPS) is 25.2. The number of thiocarbonyl (C=S) groups is 1. The summed E-state index contributed by atoms with van der Waals surface area (Å²) in [7, 11) is 0. The van der Waals surface area contributed by atoms with Gasteiger partial charge in [-0.3, -0.25) is 15.0 Å². The summed E-state index contributed by atoms with van der Waals surface area (Å²) in [6.45, 7) is 5.45. The Hall–Kier alpha value is -1.73. The Bertz CT molecular complexity index is 572. The molecule has 0 radical (unpaired) electrons. The molecule has 1 heterocycles. The van der Waals surface area contributed by atoms with Crippen molar-refractivity contribution in [2.24, 2.45) is 0 Å². The summed E-state index contributed by atoms with van der Waals surface area (Å²) in [6.07, 6.45) is 0.381. The summed E-state index contributed by atoms with van der Waals surface area (Å²) in [5, 5.41) is 25.2. The van der Waals surface area contributed by atoms with Gasteiger partial charge in [-0.15, -0.1) is 0 Å². The third kappa shape index (κ3) is 2.59. The minimum atomic E-state index is -1.29. The molecule has 0 spiro atoms. The number of nitro groups is 1. The van der Waals surface area contributed by atoms with Crippen molar-refractivity contribution >= 4 is 28.7 Å². The highest BCUT2D eigenvalue weighted by Gasteiger charge is 2.45. The second-order valence-corrected chi connectivity index (χ2v) is 6.18. The summed E-state index contributed by atoms with van der Waals surface area (Å²) >= 11 is 5.29. The lowest BCUT2D eigenvalue weighted by Crippen LogP contribution is -2.66. The van der Waals surface area contributed by atoms with Crippen molar-refractivity contribution in [3.8, 4) is 0 Å².